The van der Waals surface area contributed by atoms with Crippen molar-refractivity contribution in [1.29, 1.82) is 0 Å². The van der Waals surface area contributed by atoms with Crippen LogP contribution < -0.4 is 5.32 Å². The van der Waals surface area contributed by atoms with E-state index in [1.807, 2.05) is 0 Å². The molecule has 1 unspecified atom stereocenters. The Morgan fingerprint density at radius 3 is 3.06 bits per heavy atom. The summed E-state index contributed by atoms with van der Waals surface area (Å²) in [6.07, 6.45) is 7.51. The Labute approximate surface area is 95.4 Å². The van der Waals surface area contributed by atoms with Gasteiger partial charge in [-0.1, -0.05) is 0 Å². The number of fused-ring (bicyclic) bond motifs is 1. The molecule has 1 aromatic heterocycles. The maximum Gasteiger partial charge on any atom is 0.133 e. The minimum absolute atomic E-state index is 0.431. The minimum Gasteiger partial charge on any atom is -0.379 e. The van der Waals surface area contributed by atoms with Crippen molar-refractivity contribution >= 4 is 5.82 Å². The van der Waals surface area contributed by atoms with E-state index in [4.69, 9.17) is 4.74 Å². The number of hydrogen-bond acceptors (Lipinski definition) is 4. The van der Waals surface area contributed by atoms with Gasteiger partial charge in [-0.25, -0.2) is 9.97 Å². The standard InChI is InChI=1S/C12H17N3O/c1-2-4-11-10(3-1)12(14-8-13-11)15-9-5-6-16-7-9/h8-9H,1-7H2,(H,13,14,15). The second-order valence-electron chi connectivity index (χ2n) is 4.56. The van der Waals surface area contributed by atoms with E-state index in [1.54, 1.807) is 6.33 Å². The first-order valence-corrected chi connectivity index (χ1v) is 6.10. The summed E-state index contributed by atoms with van der Waals surface area (Å²) in [5.41, 5.74) is 2.57. The van der Waals surface area contributed by atoms with E-state index in [9.17, 15) is 0 Å². The number of aromatic nitrogens is 2. The molecule has 0 aromatic carbocycles. The molecule has 0 saturated carbocycles. The molecule has 1 aliphatic heterocycles. The molecule has 2 aliphatic rings. The fourth-order valence-electron chi connectivity index (χ4n) is 2.49. The third-order valence-corrected chi connectivity index (χ3v) is 3.40. The monoisotopic (exact) mass is 219 g/mol. The van der Waals surface area contributed by atoms with Gasteiger partial charge in [-0.15, -0.1) is 0 Å². The van der Waals surface area contributed by atoms with Crippen LogP contribution in [0.15, 0.2) is 6.33 Å². The lowest BCUT2D eigenvalue weighted by Crippen LogP contribution is -2.22. The zero-order valence-electron chi connectivity index (χ0n) is 9.41. The molecule has 1 saturated heterocycles. The van der Waals surface area contributed by atoms with Crippen molar-refractivity contribution in [3.63, 3.8) is 0 Å². The molecular formula is C12H17N3O. The summed E-state index contributed by atoms with van der Waals surface area (Å²) in [5, 5.41) is 3.49. The summed E-state index contributed by atoms with van der Waals surface area (Å²) in [4.78, 5) is 8.75. The molecule has 16 heavy (non-hydrogen) atoms. The SMILES string of the molecule is c1nc2c(c(NC3CCOC3)n1)CCCC2. The lowest BCUT2D eigenvalue weighted by atomic mass is 9.96. The Kier molecular flexibility index (Phi) is 2.74. The lowest BCUT2D eigenvalue weighted by Gasteiger charge is -2.20. The van der Waals surface area contributed by atoms with E-state index in [2.05, 4.69) is 15.3 Å². The van der Waals surface area contributed by atoms with E-state index < -0.39 is 0 Å². The van der Waals surface area contributed by atoms with E-state index >= 15 is 0 Å². The molecule has 0 radical (unpaired) electrons. The van der Waals surface area contributed by atoms with Gasteiger partial charge in [0.05, 0.1) is 12.6 Å². The van der Waals surface area contributed by atoms with E-state index in [0.717, 1.165) is 38.3 Å². The van der Waals surface area contributed by atoms with Gasteiger partial charge < -0.3 is 10.1 Å². The zero-order valence-corrected chi connectivity index (χ0v) is 9.41. The molecule has 3 rings (SSSR count). The average molecular weight is 219 g/mol. The Bertz CT molecular complexity index is 375. The largest absolute Gasteiger partial charge is 0.379 e. The van der Waals surface area contributed by atoms with Crippen LogP contribution >= 0.6 is 0 Å². The number of anilines is 1. The van der Waals surface area contributed by atoms with Crippen LogP contribution in [0, 0.1) is 0 Å². The van der Waals surface area contributed by atoms with Crippen molar-refractivity contribution in [2.24, 2.45) is 0 Å². The number of hydrogen-bond donors (Lipinski definition) is 1. The second-order valence-corrected chi connectivity index (χ2v) is 4.56. The highest BCUT2D eigenvalue weighted by Gasteiger charge is 2.20. The number of ether oxygens (including phenoxy) is 1. The third kappa shape index (κ3) is 1.89. The fourth-order valence-corrected chi connectivity index (χ4v) is 2.49. The van der Waals surface area contributed by atoms with Gasteiger partial charge in [0.1, 0.15) is 12.1 Å². The van der Waals surface area contributed by atoms with Crippen molar-refractivity contribution in [1.82, 2.24) is 9.97 Å². The molecule has 4 nitrogen and oxygen atoms in total. The number of rotatable bonds is 2. The highest BCUT2D eigenvalue weighted by atomic mass is 16.5. The minimum atomic E-state index is 0.431. The van der Waals surface area contributed by atoms with Gasteiger partial charge in [-0.3, -0.25) is 0 Å². The molecule has 86 valence electrons. The maximum atomic E-state index is 5.37. The topological polar surface area (TPSA) is 47.0 Å². The predicted molar refractivity (Wildman–Crippen MR) is 61.5 cm³/mol. The van der Waals surface area contributed by atoms with Gasteiger partial charge >= 0.3 is 0 Å². The van der Waals surface area contributed by atoms with Gasteiger partial charge in [0.15, 0.2) is 0 Å². The van der Waals surface area contributed by atoms with Crippen LogP contribution in [0.25, 0.3) is 0 Å². The summed E-state index contributed by atoms with van der Waals surface area (Å²) in [5.74, 6) is 1.04. The van der Waals surface area contributed by atoms with Crippen molar-refractivity contribution in [2.45, 2.75) is 38.1 Å². The smallest absolute Gasteiger partial charge is 0.133 e. The summed E-state index contributed by atoms with van der Waals surface area (Å²) in [6, 6.07) is 0.431. The first kappa shape index (κ1) is 10.0. The van der Waals surface area contributed by atoms with Gasteiger partial charge in [-0.05, 0) is 32.1 Å². The summed E-state index contributed by atoms with van der Waals surface area (Å²) in [6.45, 7) is 1.67. The molecular weight excluding hydrogens is 202 g/mol. The molecule has 1 aliphatic carbocycles. The molecule has 4 heteroatoms. The van der Waals surface area contributed by atoms with Gasteiger partial charge in [0.2, 0.25) is 0 Å². The fraction of sp³-hybridized carbons (Fsp3) is 0.667. The molecule has 0 bridgehead atoms. The zero-order chi connectivity index (χ0) is 10.8. The molecule has 0 spiro atoms. The van der Waals surface area contributed by atoms with E-state index in [0.29, 0.717) is 6.04 Å². The molecule has 2 heterocycles. The summed E-state index contributed by atoms with van der Waals surface area (Å²) in [7, 11) is 0. The predicted octanol–water partition coefficient (Wildman–Crippen LogP) is 1.56. The van der Waals surface area contributed by atoms with Crippen LogP contribution in [0.2, 0.25) is 0 Å². The Morgan fingerprint density at radius 1 is 1.25 bits per heavy atom. The van der Waals surface area contributed by atoms with Crippen LogP contribution in [0.4, 0.5) is 5.82 Å². The van der Waals surface area contributed by atoms with Crippen LogP contribution in [0.3, 0.4) is 0 Å². The van der Waals surface area contributed by atoms with Crippen molar-refractivity contribution < 1.29 is 4.74 Å². The summed E-state index contributed by atoms with van der Waals surface area (Å²) < 4.78 is 5.37. The lowest BCUT2D eigenvalue weighted by molar-refractivity contribution is 0.195. The molecule has 1 aromatic rings. The average Bonchev–Trinajstić information content (AvgIpc) is 2.82. The van der Waals surface area contributed by atoms with E-state index in [1.165, 1.54) is 24.1 Å². The van der Waals surface area contributed by atoms with Crippen molar-refractivity contribution in [2.75, 3.05) is 18.5 Å². The quantitative estimate of drug-likeness (QED) is 0.820. The van der Waals surface area contributed by atoms with Gasteiger partial charge in [-0.2, -0.15) is 0 Å². The Balaban J connectivity index is 1.82. The Morgan fingerprint density at radius 2 is 2.19 bits per heavy atom. The first-order valence-electron chi connectivity index (χ1n) is 6.10. The van der Waals surface area contributed by atoms with Crippen molar-refractivity contribution in [3.8, 4) is 0 Å². The summed E-state index contributed by atoms with van der Waals surface area (Å²) >= 11 is 0. The number of nitrogens with one attached hydrogen (secondary N) is 1. The molecule has 1 atom stereocenters. The second kappa shape index (κ2) is 4.37. The maximum absolute atomic E-state index is 5.37. The highest BCUT2D eigenvalue weighted by Crippen LogP contribution is 2.25. The van der Waals surface area contributed by atoms with E-state index in [-0.39, 0.29) is 0 Å². The van der Waals surface area contributed by atoms with Gasteiger partial charge in [0, 0.05) is 17.9 Å². The van der Waals surface area contributed by atoms with Crippen LogP contribution in [-0.4, -0.2) is 29.2 Å². The van der Waals surface area contributed by atoms with Crippen LogP contribution in [0.5, 0.6) is 0 Å². The number of aryl methyl sites for hydroxylation is 1. The van der Waals surface area contributed by atoms with Crippen LogP contribution in [0.1, 0.15) is 30.5 Å². The number of nitrogens with zero attached hydrogens (tertiary/aromatic N) is 2. The van der Waals surface area contributed by atoms with Crippen LogP contribution in [-0.2, 0) is 17.6 Å². The normalized spacial score (nSPS) is 24.1. The van der Waals surface area contributed by atoms with Gasteiger partial charge in [0.25, 0.3) is 0 Å². The van der Waals surface area contributed by atoms with Crippen molar-refractivity contribution in [3.05, 3.63) is 17.6 Å². The first-order chi connectivity index (χ1) is 7.93. The highest BCUT2D eigenvalue weighted by molar-refractivity contribution is 5.47. The molecule has 1 N–H and O–H groups in total. The molecule has 0 amide bonds. The molecule has 1 fully saturated rings. The third-order valence-electron chi connectivity index (χ3n) is 3.40. The Hall–Kier alpha value is -1.16.